The van der Waals surface area contributed by atoms with Crippen LogP contribution in [0.15, 0.2) is 18.2 Å². The molecule has 1 aliphatic rings. The van der Waals surface area contributed by atoms with Crippen LogP contribution < -0.4 is 5.73 Å². The predicted octanol–water partition coefficient (Wildman–Crippen LogP) is 2.31. The Morgan fingerprint density at radius 2 is 2.10 bits per heavy atom. The van der Waals surface area contributed by atoms with Gasteiger partial charge >= 0.3 is 0 Å². The Kier molecular flexibility index (Phi) is 3.26. The molecule has 0 saturated carbocycles. The molecule has 1 aromatic carbocycles. The third-order valence-corrected chi connectivity index (χ3v) is 3.93. The number of aryl methyl sites for hydroxylation is 1. The summed E-state index contributed by atoms with van der Waals surface area (Å²) < 4.78 is 2.13. The minimum atomic E-state index is 0.809. The molecule has 4 heteroatoms. The molecule has 2 aromatic rings. The van der Waals surface area contributed by atoms with Gasteiger partial charge in [-0.05, 0) is 69.6 Å². The van der Waals surface area contributed by atoms with Gasteiger partial charge in [-0.25, -0.2) is 4.68 Å². The number of nitrogen functional groups attached to an aromatic ring is 1. The van der Waals surface area contributed by atoms with Crippen LogP contribution in [0.25, 0.3) is 5.69 Å². The van der Waals surface area contributed by atoms with Crippen molar-refractivity contribution in [1.29, 1.82) is 0 Å². The molecule has 0 bridgehead atoms. The fraction of sp³-hybridized carbons (Fsp3) is 0.438. The van der Waals surface area contributed by atoms with Crippen LogP contribution in [0.1, 0.15) is 28.9 Å². The van der Waals surface area contributed by atoms with E-state index < -0.39 is 0 Å². The standard InChI is InChI=1S/C16H22N4/c1-11-9-12(17)7-8-15(11)20-16-6-4-5-13(16)14(18-20)10-19(2)3/h7-9H,4-6,10,17H2,1-3H3. The van der Waals surface area contributed by atoms with Crippen molar-refractivity contribution in [3.63, 3.8) is 0 Å². The van der Waals surface area contributed by atoms with E-state index in [1.54, 1.807) is 0 Å². The zero-order valence-electron chi connectivity index (χ0n) is 12.5. The molecule has 20 heavy (non-hydrogen) atoms. The second kappa shape index (κ2) is 4.94. The smallest absolute Gasteiger partial charge is 0.0803 e. The summed E-state index contributed by atoms with van der Waals surface area (Å²) >= 11 is 0. The molecule has 1 heterocycles. The summed E-state index contributed by atoms with van der Waals surface area (Å²) in [6.07, 6.45) is 3.52. The van der Waals surface area contributed by atoms with E-state index in [1.807, 2.05) is 12.1 Å². The fourth-order valence-corrected chi connectivity index (χ4v) is 3.06. The van der Waals surface area contributed by atoms with Crippen molar-refractivity contribution < 1.29 is 0 Å². The third-order valence-electron chi connectivity index (χ3n) is 3.93. The Labute approximate surface area is 120 Å². The van der Waals surface area contributed by atoms with Gasteiger partial charge < -0.3 is 10.6 Å². The lowest BCUT2D eigenvalue weighted by molar-refractivity contribution is 0.394. The molecule has 0 fully saturated rings. The first-order valence-corrected chi connectivity index (χ1v) is 7.17. The van der Waals surface area contributed by atoms with Crippen LogP contribution in [-0.4, -0.2) is 28.8 Å². The van der Waals surface area contributed by atoms with Crippen molar-refractivity contribution in [2.24, 2.45) is 0 Å². The molecular formula is C16H22N4. The van der Waals surface area contributed by atoms with Gasteiger partial charge in [-0.2, -0.15) is 5.10 Å². The molecule has 0 spiro atoms. The number of aromatic nitrogens is 2. The van der Waals surface area contributed by atoms with Crippen LogP contribution in [0.2, 0.25) is 0 Å². The largest absolute Gasteiger partial charge is 0.399 e. The van der Waals surface area contributed by atoms with Gasteiger partial charge in [-0.3, -0.25) is 0 Å². The van der Waals surface area contributed by atoms with Crippen LogP contribution in [0.5, 0.6) is 0 Å². The average molecular weight is 270 g/mol. The highest BCUT2D eigenvalue weighted by molar-refractivity contribution is 5.52. The molecule has 2 N–H and O–H groups in total. The molecule has 0 unspecified atom stereocenters. The maximum atomic E-state index is 5.85. The van der Waals surface area contributed by atoms with Crippen molar-refractivity contribution in [2.75, 3.05) is 19.8 Å². The third kappa shape index (κ3) is 2.20. The molecule has 0 atom stereocenters. The Balaban J connectivity index is 2.10. The summed E-state index contributed by atoms with van der Waals surface area (Å²) in [7, 11) is 4.18. The molecule has 0 amide bonds. The van der Waals surface area contributed by atoms with Crippen molar-refractivity contribution in [1.82, 2.24) is 14.7 Å². The van der Waals surface area contributed by atoms with Gasteiger partial charge in [0.15, 0.2) is 0 Å². The topological polar surface area (TPSA) is 47.1 Å². The first-order chi connectivity index (χ1) is 9.56. The molecule has 1 aromatic heterocycles. The fourth-order valence-electron chi connectivity index (χ4n) is 3.06. The van der Waals surface area contributed by atoms with Crippen LogP contribution in [0.4, 0.5) is 5.69 Å². The molecule has 0 aliphatic heterocycles. The van der Waals surface area contributed by atoms with Crippen molar-refractivity contribution in [2.45, 2.75) is 32.7 Å². The summed E-state index contributed by atoms with van der Waals surface area (Å²) in [5.74, 6) is 0. The van der Waals surface area contributed by atoms with Crippen LogP contribution in [0, 0.1) is 6.92 Å². The summed E-state index contributed by atoms with van der Waals surface area (Å²) in [6, 6.07) is 6.05. The average Bonchev–Trinajstić information content (AvgIpc) is 2.93. The Hall–Kier alpha value is -1.81. The number of anilines is 1. The highest BCUT2D eigenvalue weighted by Gasteiger charge is 2.23. The SMILES string of the molecule is Cc1cc(N)ccc1-n1nc(CN(C)C)c2c1CCC2. The van der Waals surface area contributed by atoms with E-state index in [4.69, 9.17) is 10.8 Å². The minimum Gasteiger partial charge on any atom is -0.399 e. The van der Waals surface area contributed by atoms with Gasteiger partial charge in [0.05, 0.1) is 11.4 Å². The lowest BCUT2D eigenvalue weighted by Gasteiger charge is -2.10. The van der Waals surface area contributed by atoms with E-state index in [0.717, 1.165) is 30.8 Å². The summed E-state index contributed by atoms with van der Waals surface area (Å²) in [6.45, 7) is 3.00. The maximum absolute atomic E-state index is 5.85. The lowest BCUT2D eigenvalue weighted by Crippen LogP contribution is -2.13. The van der Waals surface area contributed by atoms with E-state index >= 15 is 0 Å². The molecule has 1 aliphatic carbocycles. The lowest BCUT2D eigenvalue weighted by atomic mass is 10.1. The number of benzene rings is 1. The number of rotatable bonds is 3. The summed E-state index contributed by atoms with van der Waals surface area (Å²) in [5, 5.41) is 4.87. The number of nitrogens with two attached hydrogens (primary N) is 1. The number of hydrogen-bond acceptors (Lipinski definition) is 3. The highest BCUT2D eigenvalue weighted by atomic mass is 15.3. The van der Waals surface area contributed by atoms with Crippen molar-refractivity contribution >= 4 is 5.69 Å². The Morgan fingerprint density at radius 1 is 1.30 bits per heavy atom. The number of nitrogens with zero attached hydrogens (tertiary/aromatic N) is 3. The zero-order chi connectivity index (χ0) is 14.3. The van der Waals surface area contributed by atoms with Crippen LogP contribution >= 0.6 is 0 Å². The predicted molar refractivity (Wildman–Crippen MR) is 82.1 cm³/mol. The number of hydrogen-bond donors (Lipinski definition) is 1. The summed E-state index contributed by atoms with van der Waals surface area (Å²) in [4.78, 5) is 2.18. The molecule has 4 nitrogen and oxygen atoms in total. The van der Waals surface area contributed by atoms with Crippen LogP contribution in [0.3, 0.4) is 0 Å². The van der Waals surface area contributed by atoms with E-state index in [1.165, 1.54) is 28.9 Å². The van der Waals surface area contributed by atoms with Gasteiger partial charge in [0.2, 0.25) is 0 Å². The van der Waals surface area contributed by atoms with Gasteiger partial charge in [0, 0.05) is 17.9 Å². The molecule has 3 rings (SSSR count). The van der Waals surface area contributed by atoms with E-state index in [9.17, 15) is 0 Å². The van der Waals surface area contributed by atoms with Gasteiger partial charge in [-0.15, -0.1) is 0 Å². The van der Waals surface area contributed by atoms with E-state index in [2.05, 4.69) is 36.7 Å². The molecule has 106 valence electrons. The van der Waals surface area contributed by atoms with Gasteiger partial charge in [0.1, 0.15) is 0 Å². The van der Waals surface area contributed by atoms with E-state index in [-0.39, 0.29) is 0 Å². The first-order valence-electron chi connectivity index (χ1n) is 7.17. The summed E-state index contributed by atoms with van der Waals surface area (Å²) in [5.41, 5.74) is 13.1. The van der Waals surface area contributed by atoms with Crippen LogP contribution in [-0.2, 0) is 19.4 Å². The molecule has 0 radical (unpaired) electrons. The van der Waals surface area contributed by atoms with Gasteiger partial charge in [0.25, 0.3) is 0 Å². The number of fused-ring (bicyclic) bond motifs is 1. The second-order valence-electron chi connectivity index (χ2n) is 5.92. The molecule has 0 saturated heterocycles. The monoisotopic (exact) mass is 270 g/mol. The highest BCUT2D eigenvalue weighted by Crippen LogP contribution is 2.29. The van der Waals surface area contributed by atoms with Crippen molar-refractivity contribution in [3.05, 3.63) is 40.7 Å². The normalized spacial score (nSPS) is 14.0. The maximum Gasteiger partial charge on any atom is 0.0803 e. The zero-order valence-corrected chi connectivity index (χ0v) is 12.5. The molecular weight excluding hydrogens is 248 g/mol. The minimum absolute atomic E-state index is 0.809. The van der Waals surface area contributed by atoms with E-state index in [0.29, 0.717) is 0 Å². The Bertz CT molecular complexity index is 640. The van der Waals surface area contributed by atoms with Gasteiger partial charge in [-0.1, -0.05) is 0 Å². The second-order valence-corrected chi connectivity index (χ2v) is 5.92. The Morgan fingerprint density at radius 3 is 2.80 bits per heavy atom. The quantitative estimate of drug-likeness (QED) is 0.871. The van der Waals surface area contributed by atoms with Crippen molar-refractivity contribution in [3.8, 4) is 5.69 Å². The first kappa shape index (κ1) is 13.2.